The SMILES string of the molecule is CCCCCCCCCC[N+](C)(C)CCCCCCCCCC.F[P-](F)(F)(F)(F)F. The number of unbranched alkanes of at least 4 members (excludes halogenated alkanes) is 14. The van der Waals surface area contributed by atoms with Gasteiger partial charge in [0.15, 0.2) is 0 Å². The van der Waals surface area contributed by atoms with Crippen LogP contribution in [0.5, 0.6) is 0 Å². The van der Waals surface area contributed by atoms with Gasteiger partial charge in [0, 0.05) is 0 Å². The summed E-state index contributed by atoms with van der Waals surface area (Å²) in [5, 5.41) is 0. The number of quaternary nitrogens is 1. The number of halogens is 6. The van der Waals surface area contributed by atoms with Gasteiger partial charge in [-0.3, -0.25) is 0 Å². The molecule has 0 aromatic rings. The van der Waals surface area contributed by atoms with E-state index >= 15 is 0 Å². The summed E-state index contributed by atoms with van der Waals surface area (Å²) in [5.74, 6) is 0. The third kappa shape index (κ3) is 42.1. The summed E-state index contributed by atoms with van der Waals surface area (Å²) in [6, 6.07) is 0. The fraction of sp³-hybridized carbons (Fsp3) is 1.00. The van der Waals surface area contributed by atoms with Crippen molar-refractivity contribution >= 4 is 7.81 Å². The average molecular weight is 472 g/mol. The Morgan fingerprint density at radius 2 is 0.633 bits per heavy atom. The topological polar surface area (TPSA) is 0 Å². The van der Waals surface area contributed by atoms with Crippen molar-refractivity contribution in [2.45, 2.75) is 117 Å². The number of hydrogen-bond donors (Lipinski definition) is 0. The Hall–Kier alpha value is -0.0300. The van der Waals surface area contributed by atoms with Gasteiger partial charge in [0.05, 0.1) is 27.2 Å². The van der Waals surface area contributed by atoms with Crippen molar-refractivity contribution in [3.8, 4) is 0 Å². The van der Waals surface area contributed by atoms with E-state index in [1.54, 1.807) is 0 Å². The Morgan fingerprint density at radius 1 is 0.433 bits per heavy atom. The van der Waals surface area contributed by atoms with Crippen LogP contribution in [-0.2, 0) is 0 Å². The van der Waals surface area contributed by atoms with E-state index in [-0.39, 0.29) is 0 Å². The first-order valence-electron chi connectivity index (χ1n) is 12.0. The molecule has 0 aliphatic rings. The van der Waals surface area contributed by atoms with Gasteiger partial charge in [0.1, 0.15) is 0 Å². The van der Waals surface area contributed by atoms with Crippen molar-refractivity contribution in [2.24, 2.45) is 0 Å². The molecular formula is C22H48F6NP. The van der Waals surface area contributed by atoms with Crippen molar-refractivity contribution in [2.75, 3.05) is 27.2 Å². The monoisotopic (exact) mass is 471 g/mol. The van der Waals surface area contributed by atoms with E-state index in [0.29, 0.717) is 0 Å². The molecule has 30 heavy (non-hydrogen) atoms. The molecule has 8 heteroatoms. The summed E-state index contributed by atoms with van der Waals surface area (Å²) >= 11 is 0. The van der Waals surface area contributed by atoms with E-state index in [4.69, 9.17) is 0 Å². The van der Waals surface area contributed by atoms with Gasteiger partial charge in [-0.15, -0.1) is 0 Å². The first kappa shape index (κ1) is 32.2. The zero-order chi connectivity index (χ0) is 23.6. The zero-order valence-corrected chi connectivity index (χ0v) is 20.8. The van der Waals surface area contributed by atoms with Crippen LogP contribution in [0.1, 0.15) is 117 Å². The van der Waals surface area contributed by atoms with E-state index in [2.05, 4.69) is 27.9 Å². The molecule has 0 radical (unpaired) electrons. The van der Waals surface area contributed by atoms with Crippen LogP contribution >= 0.6 is 7.81 Å². The first-order chi connectivity index (χ1) is 13.6. The van der Waals surface area contributed by atoms with Gasteiger partial charge in [0.2, 0.25) is 0 Å². The third-order valence-electron chi connectivity index (χ3n) is 5.23. The molecule has 0 saturated carbocycles. The van der Waals surface area contributed by atoms with Crippen LogP contribution in [0, 0.1) is 0 Å². The molecular weight excluding hydrogens is 423 g/mol. The molecule has 1 nitrogen and oxygen atoms in total. The van der Waals surface area contributed by atoms with Crippen LogP contribution in [-0.4, -0.2) is 31.7 Å². The summed E-state index contributed by atoms with van der Waals surface area (Å²) in [6.07, 6.45) is 23.0. The summed E-state index contributed by atoms with van der Waals surface area (Å²) < 4.78 is 60.4. The molecule has 0 unspecified atom stereocenters. The van der Waals surface area contributed by atoms with Crippen LogP contribution in [0.25, 0.3) is 0 Å². The van der Waals surface area contributed by atoms with Crippen LogP contribution in [0.2, 0.25) is 0 Å². The van der Waals surface area contributed by atoms with Crippen molar-refractivity contribution in [1.29, 1.82) is 0 Å². The van der Waals surface area contributed by atoms with E-state index in [9.17, 15) is 25.2 Å². The molecule has 0 bridgehead atoms. The van der Waals surface area contributed by atoms with E-state index in [1.807, 2.05) is 0 Å². The molecule has 0 rings (SSSR count). The van der Waals surface area contributed by atoms with Gasteiger partial charge < -0.3 is 4.48 Å². The van der Waals surface area contributed by atoms with E-state index in [1.165, 1.54) is 120 Å². The standard InChI is InChI=1S/C22H48N.F6P/c1-5-7-9-11-13-15-17-19-21-23(3,4)22-20-18-16-14-12-10-8-6-2;1-7(2,3,4,5)6/h5-22H2,1-4H3;/q+1;-1. The van der Waals surface area contributed by atoms with Crippen LogP contribution in [0.3, 0.4) is 0 Å². The van der Waals surface area contributed by atoms with Gasteiger partial charge >= 0.3 is 33.0 Å². The second-order valence-corrected chi connectivity index (χ2v) is 11.2. The number of nitrogens with zero attached hydrogens (tertiary/aromatic N) is 1. The molecule has 0 N–H and O–H groups in total. The third-order valence-corrected chi connectivity index (χ3v) is 5.23. The summed E-state index contributed by atoms with van der Waals surface area (Å²) in [4.78, 5) is 0. The van der Waals surface area contributed by atoms with Crippen molar-refractivity contribution in [1.82, 2.24) is 0 Å². The molecule has 0 spiro atoms. The second-order valence-electron chi connectivity index (χ2n) is 9.29. The van der Waals surface area contributed by atoms with Crippen LogP contribution < -0.4 is 0 Å². The summed E-state index contributed by atoms with van der Waals surface area (Å²) in [6.45, 7) is 7.36. The van der Waals surface area contributed by atoms with Gasteiger partial charge in [0.25, 0.3) is 0 Å². The molecule has 0 aliphatic heterocycles. The molecule has 0 aromatic heterocycles. The second kappa shape index (κ2) is 14.9. The molecule has 0 amide bonds. The van der Waals surface area contributed by atoms with Gasteiger partial charge in [-0.05, 0) is 25.7 Å². The predicted octanol–water partition coefficient (Wildman–Crippen LogP) is 10.7. The molecule has 0 aromatic carbocycles. The van der Waals surface area contributed by atoms with Gasteiger partial charge in [-0.2, -0.15) is 0 Å². The normalized spacial score (nSPS) is 14.6. The Kier molecular flexibility index (Phi) is 16.0. The Morgan fingerprint density at radius 3 is 0.867 bits per heavy atom. The first-order valence-corrected chi connectivity index (χ1v) is 14.0. The molecule has 0 saturated heterocycles. The maximum atomic E-state index is 9.87. The van der Waals surface area contributed by atoms with Gasteiger partial charge in [-0.25, -0.2) is 0 Å². The predicted molar refractivity (Wildman–Crippen MR) is 121 cm³/mol. The molecule has 0 aliphatic carbocycles. The van der Waals surface area contributed by atoms with E-state index < -0.39 is 7.81 Å². The Bertz CT molecular complexity index is 361. The number of hydrogen-bond acceptors (Lipinski definition) is 0. The average Bonchev–Trinajstić information content (AvgIpc) is 2.57. The Labute approximate surface area is 181 Å². The summed E-state index contributed by atoms with van der Waals surface area (Å²) in [7, 11) is -5.79. The minimum atomic E-state index is -10.7. The van der Waals surface area contributed by atoms with E-state index in [0.717, 1.165) is 0 Å². The zero-order valence-electron chi connectivity index (χ0n) is 19.9. The quantitative estimate of drug-likeness (QED) is 0.0807. The summed E-state index contributed by atoms with van der Waals surface area (Å²) in [5.41, 5.74) is 0. The molecule has 0 heterocycles. The fourth-order valence-electron chi connectivity index (χ4n) is 3.46. The van der Waals surface area contributed by atoms with Gasteiger partial charge in [-0.1, -0.05) is 90.9 Å². The fourth-order valence-corrected chi connectivity index (χ4v) is 3.46. The maximum absolute atomic E-state index is 10.7. The van der Waals surface area contributed by atoms with Crippen molar-refractivity contribution in [3.05, 3.63) is 0 Å². The molecule has 0 fully saturated rings. The Balaban J connectivity index is 0. The molecule has 188 valence electrons. The van der Waals surface area contributed by atoms with Crippen molar-refractivity contribution < 1.29 is 29.7 Å². The van der Waals surface area contributed by atoms with Crippen molar-refractivity contribution in [3.63, 3.8) is 0 Å². The van der Waals surface area contributed by atoms with Crippen LogP contribution in [0.4, 0.5) is 25.2 Å². The molecule has 0 atom stereocenters. The van der Waals surface area contributed by atoms with Crippen LogP contribution in [0.15, 0.2) is 0 Å². The minimum absolute atomic E-state index is 1.24. The number of rotatable bonds is 18.